The van der Waals surface area contributed by atoms with Crippen molar-refractivity contribution in [2.75, 3.05) is 44.7 Å². The average Bonchev–Trinajstić information content (AvgIpc) is 2.64. The minimum Gasteiger partial charge on any atom is -0.368 e. The molecule has 128 valence electrons. The van der Waals surface area contributed by atoms with Crippen molar-refractivity contribution >= 4 is 16.5 Å². The first kappa shape index (κ1) is 15.9. The quantitative estimate of drug-likeness (QED) is 0.857. The predicted octanol–water partition coefficient (Wildman–Crippen LogP) is 2.67. The molecule has 1 N–H and O–H groups in total. The molecule has 1 aromatic heterocycles. The molecule has 0 unspecified atom stereocenters. The van der Waals surface area contributed by atoms with E-state index in [0.717, 1.165) is 19.5 Å². The molecule has 0 atom stereocenters. The van der Waals surface area contributed by atoms with Gasteiger partial charge in [-0.25, -0.2) is 0 Å². The van der Waals surface area contributed by atoms with Crippen molar-refractivity contribution in [3.8, 4) is 0 Å². The van der Waals surface area contributed by atoms with Crippen molar-refractivity contribution in [3.05, 3.63) is 36.2 Å². The number of pyridine rings is 1. The van der Waals surface area contributed by atoms with Crippen molar-refractivity contribution in [1.82, 2.24) is 15.2 Å². The zero-order valence-corrected chi connectivity index (χ0v) is 14.7. The van der Waals surface area contributed by atoms with E-state index in [4.69, 9.17) is 0 Å². The number of likely N-dealkylation sites (tertiary alicyclic amines) is 1. The van der Waals surface area contributed by atoms with E-state index in [1.54, 1.807) is 0 Å². The molecule has 0 radical (unpaired) electrons. The first-order valence-electron chi connectivity index (χ1n) is 9.36. The molecule has 1 aromatic carbocycles. The number of anilines is 1. The van der Waals surface area contributed by atoms with Crippen molar-refractivity contribution in [2.45, 2.75) is 31.7 Å². The molecule has 2 aromatic rings. The fourth-order valence-electron chi connectivity index (χ4n) is 4.39. The molecule has 24 heavy (non-hydrogen) atoms. The SMILES string of the molecule is CNCCCN1CCC(N2CCc3cncc4cccc2c34)CC1. The molecule has 2 aliphatic heterocycles. The van der Waals surface area contributed by atoms with Crippen LogP contribution >= 0.6 is 0 Å². The van der Waals surface area contributed by atoms with Gasteiger partial charge in [-0.05, 0) is 57.5 Å². The molecule has 0 aliphatic carbocycles. The smallest absolute Gasteiger partial charge is 0.0452 e. The molecule has 4 heteroatoms. The van der Waals surface area contributed by atoms with Gasteiger partial charge < -0.3 is 15.1 Å². The highest BCUT2D eigenvalue weighted by atomic mass is 15.2. The van der Waals surface area contributed by atoms with Gasteiger partial charge in [0.2, 0.25) is 0 Å². The Balaban J connectivity index is 1.48. The number of nitrogens with zero attached hydrogens (tertiary/aromatic N) is 3. The van der Waals surface area contributed by atoms with Gasteiger partial charge in [-0.2, -0.15) is 0 Å². The van der Waals surface area contributed by atoms with Gasteiger partial charge in [0, 0.05) is 54.5 Å². The molecule has 1 fully saturated rings. The van der Waals surface area contributed by atoms with Crippen LogP contribution < -0.4 is 10.2 Å². The van der Waals surface area contributed by atoms with E-state index in [1.807, 2.05) is 13.2 Å². The lowest BCUT2D eigenvalue weighted by molar-refractivity contribution is 0.206. The molecule has 0 spiro atoms. The normalized spacial score (nSPS) is 19.1. The number of piperidine rings is 1. The molecular formula is C20H28N4. The highest BCUT2D eigenvalue weighted by Gasteiger charge is 2.28. The van der Waals surface area contributed by atoms with Crippen molar-refractivity contribution in [2.24, 2.45) is 0 Å². The summed E-state index contributed by atoms with van der Waals surface area (Å²) in [6.45, 7) is 5.98. The monoisotopic (exact) mass is 324 g/mol. The van der Waals surface area contributed by atoms with Crippen LogP contribution in [0.5, 0.6) is 0 Å². The van der Waals surface area contributed by atoms with Gasteiger partial charge in [0.1, 0.15) is 0 Å². The van der Waals surface area contributed by atoms with E-state index < -0.39 is 0 Å². The zero-order valence-electron chi connectivity index (χ0n) is 14.7. The third kappa shape index (κ3) is 3.01. The zero-order chi connectivity index (χ0) is 16.4. The van der Waals surface area contributed by atoms with E-state index >= 15 is 0 Å². The second kappa shape index (κ2) is 7.08. The summed E-state index contributed by atoms with van der Waals surface area (Å²) in [5.74, 6) is 0. The maximum atomic E-state index is 4.41. The molecule has 2 aliphatic rings. The highest BCUT2D eigenvalue weighted by molar-refractivity contribution is 5.97. The summed E-state index contributed by atoms with van der Waals surface area (Å²) in [5.41, 5.74) is 2.86. The number of hydrogen-bond acceptors (Lipinski definition) is 4. The van der Waals surface area contributed by atoms with Crippen LogP contribution in [0, 0.1) is 0 Å². The van der Waals surface area contributed by atoms with Gasteiger partial charge in [0.15, 0.2) is 0 Å². The predicted molar refractivity (Wildman–Crippen MR) is 101 cm³/mol. The number of hydrogen-bond donors (Lipinski definition) is 1. The van der Waals surface area contributed by atoms with Gasteiger partial charge >= 0.3 is 0 Å². The number of benzene rings is 1. The molecule has 1 saturated heterocycles. The lowest BCUT2D eigenvalue weighted by Crippen LogP contribution is -2.47. The van der Waals surface area contributed by atoms with E-state index in [0.29, 0.717) is 6.04 Å². The second-order valence-electron chi connectivity index (χ2n) is 7.15. The van der Waals surface area contributed by atoms with Crippen LogP contribution in [0.2, 0.25) is 0 Å². The minimum atomic E-state index is 0.692. The summed E-state index contributed by atoms with van der Waals surface area (Å²) < 4.78 is 0. The Morgan fingerprint density at radius 2 is 2.04 bits per heavy atom. The molecular weight excluding hydrogens is 296 g/mol. The van der Waals surface area contributed by atoms with Gasteiger partial charge in [-0.15, -0.1) is 0 Å². The Morgan fingerprint density at radius 1 is 1.17 bits per heavy atom. The Bertz CT molecular complexity index is 686. The van der Waals surface area contributed by atoms with E-state index in [1.165, 1.54) is 60.9 Å². The second-order valence-corrected chi connectivity index (χ2v) is 7.15. The number of aromatic nitrogens is 1. The summed E-state index contributed by atoms with van der Waals surface area (Å²) in [6, 6.07) is 7.39. The number of nitrogens with one attached hydrogen (secondary N) is 1. The van der Waals surface area contributed by atoms with Crippen LogP contribution in [-0.4, -0.2) is 55.7 Å². The van der Waals surface area contributed by atoms with Crippen LogP contribution in [-0.2, 0) is 6.42 Å². The molecule has 4 nitrogen and oxygen atoms in total. The molecule has 3 heterocycles. The Hall–Kier alpha value is -1.65. The van der Waals surface area contributed by atoms with Crippen LogP contribution in [0.3, 0.4) is 0 Å². The van der Waals surface area contributed by atoms with Crippen LogP contribution in [0.15, 0.2) is 30.6 Å². The molecule has 4 rings (SSSR count). The van der Waals surface area contributed by atoms with Crippen LogP contribution in [0.4, 0.5) is 5.69 Å². The van der Waals surface area contributed by atoms with Crippen molar-refractivity contribution in [1.29, 1.82) is 0 Å². The topological polar surface area (TPSA) is 31.4 Å². The maximum absolute atomic E-state index is 4.41. The van der Waals surface area contributed by atoms with Crippen molar-refractivity contribution in [3.63, 3.8) is 0 Å². The van der Waals surface area contributed by atoms with Crippen molar-refractivity contribution < 1.29 is 0 Å². The van der Waals surface area contributed by atoms with E-state index in [9.17, 15) is 0 Å². The maximum Gasteiger partial charge on any atom is 0.0452 e. The van der Waals surface area contributed by atoms with Gasteiger partial charge in [0.05, 0.1) is 0 Å². The summed E-state index contributed by atoms with van der Waals surface area (Å²) >= 11 is 0. The standard InChI is InChI=1S/C20H28N4/c1-21-9-3-10-23-11-7-18(8-12-23)24-13-6-17-15-22-14-16-4-2-5-19(24)20(16)17/h2,4-5,14-15,18,21H,3,6-13H2,1H3. The van der Waals surface area contributed by atoms with Crippen LogP contribution in [0.1, 0.15) is 24.8 Å². The largest absolute Gasteiger partial charge is 0.368 e. The summed E-state index contributed by atoms with van der Waals surface area (Å²) in [5, 5.41) is 5.98. The first-order chi connectivity index (χ1) is 11.9. The Morgan fingerprint density at radius 3 is 2.88 bits per heavy atom. The number of rotatable bonds is 5. The van der Waals surface area contributed by atoms with E-state index in [2.05, 4.69) is 44.5 Å². The third-order valence-electron chi connectivity index (χ3n) is 5.67. The minimum absolute atomic E-state index is 0.692. The lowest BCUT2D eigenvalue weighted by Gasteiger charge is -2.42. The van der Waals surface area contributed by atoms with E-state index in [-0.39, 0.29) is 0 Å². The highest BCUT2D eigenvalue weighted by Crippen LogP contribution is 2.36. The van der Waals surface area contributed by atoms with Gasteiger partial charge in [-0.3, -0.25) is 4.98 Å². The van der Waals surface area contributed by atoms with Crippen LogP contribution in [0.25, 0.3) is 10.8 Å². The summed E-state index contributed by atoms with van der Waals surface area (Å²) in [4.78, 5) is 9.73. The summed E-state index contributed by atoms with van der Waals surface area (Å²) in [6.07, 6.45) is 9.03. The fourth-order valence-corrected chi connectivity index (χ4v) is 4.39. The van der Waals surface area contributed by atoms with Gasteiger partial charge in [-0.1, -0.05) is 12.1 Å². The Labute approximate surface area is 144 Å². The fraction of sp³-hybridized carbons (Fsp3) is 0.550. The first-order valence-corrected chi connectivity index (χ1v) is 9.36. The molecule has 0 saturated carbocycles. The summed E-state index contributed by atoms with van der Waals surface area (Å²) in [7, 11) is 2.04. The lowest BCUT2D eigenvalue weighted by atomic mass is 9.94. The Kier molecular flexibility index (Phi) is 4.67. The third-order valence-corrected chi connectivity index (χ3v) is 5.67. The average molecular weight is 324 g/mol. The van der Waals surface area contributed by atoms with Gasteiger partial charge in [0.25, 0.3) is 0 Å². The molecule has 0 amide bonds. The molecule has 0 bridgehead atoms.